The van der Waals surface area contributed by atoms with Gasteiger partial charge in [0.15, 0.2) is 18.1 Å². The van der Waals surface area contributed by atoms with E-state index in [1.807, 2.05) is 13.0 Å². The number of carbonyl (C=O) groups is 2. The molecule has 0 aliphatic carbocycles. The van der Waals surface area contributed by atoms with Gasteiger partial charge < -0.3 is 29.2 Å². The average Bonchev–Trinajstić information content (AvgIpc) is 3.28. The van der Waals surface area contributed by atoms with E-state index < -0.39 is 12.0 Å². The van der Waals surface area contributed by atoms with Crippen molar-refractivity contribution in [1.29, 1.82) is 0 Å². The molecule has 3 heterocycles. The quantitative estimate of drug-likeness (QED) is 0.424. The number of hydrogen-bond acceptors (Lipinski definition) is 10. The van der Waals surface area contributed by atoms with Gasteiger partial charge in [0.2, 0.25) is 11.1 Å². The zero-order chi connectivity index (χ0) is 24.9. The molecule has 35 heavy (non-hydrogen) atoms. The predicted octanol–water partition coefficient (Wildman–Crippen LogP) is 2.10. The van der Waals surface area contributed by atoms with Gasteiger partial charge in [-0.05, 0) is 30.4 Å². The zero-order valence-electron chi connectivity index (χ0n) is 20.2. The summed E-state index contributed by atoms with van der Waals surface area (Å²) in [5.74, 6) is 1.62. The van der Waals surface area contributed by atoms with Gasteiger partial charge in [-0.1, -0.05) is 24.8 Å². The molecule has 2 aromatic rings. The van der Waals surface area contributed by atoms with E-state index in [9.17, 15) is 9.59 Å². The largest absolute Gasteiger partial charge is 0.493 e. The Kier molecular flexibility index (Phi) is 7.81. The fourth-order valence-electron chi connectivity index (χ4n) is 4.02. The van der Waals surface area contributed by atoms with Crippen LogP contribution in [0.2, 0.25) is 0 Å². The third-order valence-corrected chi connectivity index (χ3v) is 6.45. The Morgan fingerprint density at radius 1 is 1.23 bits per heavy atom. The van der Waals surface area contributed by atoms with Gasteiger partial charge in [-0.25, -0.2) is 9.48 Å². The van der Waals surface area contributed by atoms with Crippen molar-refractivity contribution in [2.45, 2.75) is 25.0 Å². The smallest absolute Gasteiger partial charge is 0.338 e. The molecule has 0 spiro atoms. The summed E-state index contributed by atoms with van der Waals surface area (Å²) in [7, 11) is 2.87. The highest BCUT2D eigenvalue weighted by molar-refractivity contribution is 7.99. The summed E-state index contributed by atoms with van der Waals surface area (Å²) in [5, 5.41) is 8.38. The Morgan fingerprint density at radius 2 is 2.00 bits per heavy atom. The maximum Gasteiger partial charge on any atom is 0.338 e. The number of morpholine rings is 1. The van der Waals surface area contributed by atoms with E-state index in [2.05, 4.69) is 15.4 Å². The molecule has 1 aromatic heterocycles. The number of amides is 1. The van der Waals surface area contributed by atoms with Gasteiger partial charge in [-0.15, -0.1) is 5.10 Å². The van der Waals surface area contributed by atoms with Gasteiger partial charge >= 0.3 is 5.97 Å². The number of hydrogen-bond donors (Lipinski definition) is 1. The van der Waals surface area contributed by atoms with Crippen molar-refractivity contribution in [1.82, 2.24) is 19.7 Å². The van der Waals surface area contributed by atoms with Crippen molar-refractivity contribution < 1.29 is 28.5 Å². The van der Waals surface area contributed by atoms with E-state index in [1.165, 1.54) is 26.0 Å². The molecular weight excluding hydrogens is 474 g/mol. The maximum atomic E-state index is 12.8. The number of nitrogens with zero attached hydrogens (tertiary/aromatic N) is 4. The monoisotopic (exact) mass is 503 g/mol. The van der Waals surface area contributed by atoms with Crippen molar-refractivity contribution >= 4 is 29.6 Å². The molecule has 12 heteroatoms. The molecule has 11 nitrogen and oxygen atoms in total. The van der Waals surface area contributed by atoms with Crippen LogP contribution in [-0.2, 0) is 19.1 Å². The molecular formula is C23H29N5O6S. The van der Waals surface area contributed by atoms with E-state index >= 15 is 0 Å². The van der Waals surface area contributed by atoms with Gasteiger partial charge in [0.05, 0.1) is 33.0 Å². The molecule has 1 saturated heterocycles. The number of carbonyl (C=O) groups excluding carboxylic acids is 2. The summed E-state index contributed by atoms with van der Waals surface area (Å²) in [6.45, 7) is 5.86. The minimum absolute atomic E-state index is 0.111. The molecule has 4 rings (SSSR count). The molecule has 1 N–H and O–H groups in total. The van der Waals surface area contributed by atoms with Gasteiger partial charge in [0.1, 0.15) is 6.04 Å². The number of anilines is 1. The normalized spacial score (nSPS) is 17.5. The number of aromatic nitrogens is 3. The lowest BCUT2D eigenvalue weighted by Gasteiger charge is -2.28. The lowest BCUT2D eigenvalue weighted by Crippen LogP contribution is -2.43. The molecule has 1 atom stereocenters. The van der Waals surface area contributed by atoms with Crippen LogP contribution in [-0.4, -0.2) is 84.4 Å². The second-order valence-electron chi connectivity index (χ2n) is 7.85. The van der Waals surface area contributed by atoms with Gasteiger partial charge in [0.25, 0.3) is 5.91 Å². The number of ether oxygens (including phenoxy) is 4. The van der Waals surface area contributed by atoms with Crippen LogP contribution in [0.3, 0.4) is 0 Å². The summed E-state index contributed by atoms with van der Waals surface area (Å²) in [6.07, 6.45) is 0. The van der Waals surface area contributed by atoms with Crippen LogP contribution in [0, 0.1) is 0 Å². The minimum Gasteiger partial charge on any atom is -0.493 e. The SMILES string of the molecule is CCSc1nc2n(n1)C(c1ccc(OCC(=O)N3CCOCC3)c(OC)c1)C(C(=O)OC)=C(C)N2. The molecule has 0 radical (unpaired) electrons. The summed E-state index contributed by atoms with van der Waals surface area (Å²) in [4.78, 5) is 31.5. The van der Waals surface area contributed by atoms with E-state index in [1.54, 1.807) is 28.6 Å². The van der Waals surface area contributed by atoms with Gasteiger partial charge in [0, 0.05) is 18.8 Å². The van der Waals surface area contributed by atoms with Crippen LogP contribution in [0.15, 0.2) is 34.6 Å². The van der Waals surface area contributed by atoms with Crippen molar-refractivity contribution in [3.8, 4) is 11.5 Å². The second kappa shape index (κ2) is 11.0. The lowest BCUT2D eigenvalue weighted by molar-refractivity contribution is -0.137. The number of benzene rings is 1. The molecule has 1 aromatic carbocycles. The topological polar surface area (TPSA) is 117 Å². The minimum atomic E-state index is -0.588. The van der Waals surface area contributed by atoms with Crippen molar-refractivity contribution in [2.24, 2.45) is 0 Å². The number of esters is 1. The van der Waals surface area contributed by atoms with Crippen molar-refractivity contribution in [3.63, 3.8) is 0 Å². The molecule has 0 bridgehead atoms. The number of allylic oxidation sites excluding steroid dienone is 1. The molecule has 0 saturated carbocycles. The molecule has 188 valence electrons. The van der Waals surface area contributed by atoms with Crippen LogP contribution >= 0.6 is 11.8 Å². The highest BCUT2D eigenvalue weighted by Gasteiger charge is 2.35. The van der Waals surface area contributed by atoms with Crippen LogP contribution < -0.4 is 14.8 Å². The first-order chi connectivity index (χ1) is 17.0. The summed E-state index contributed by atoms with van der Waals surface area (Å²) in [6, 6.07) is 4.74. The Morgan fingerprint density at radius 3 is 2.69 bits per heavy atom. The molecule has 1 amide bonds. The van der Waals surface area contributed by atoms with E-state index in [4.69, 9.17) is 18.9 Å². The summed E-state index contributed by atoms with van der Waals surface area (Å²) in [5.41, 5.74) is 1.77. The second-order valence-corrected chi connectivity index (χ2v) is 9.08. The van der Waals surface area contributed by atoms with Crippen molar-refractivity contribution in [3.05, 3.63) is 35.0 Å². The fourth-order valence-corrected chi connectivity index (χ4v) is 4.58. The Hall–Kier alpha value is -3.25. The van der Waals surface area contributed by atoms with Gasteiger partial charge in [-0.2, -0.15) is 4.98 Å². The molecule has 2 aliphatic rings. The summed E-state index contributed by atoms with van der Waals surface area (Å²) < 4.78 is 23.4. The maximum absolute atomic E-state index is 12.8. The van der Waals surface area contributed by atoms with Crippen molar-refractivity contribution in [2.75, 3.05) is 58.2 Å². The highest BCUT2D eigenvalue weighted by Crippen LogP contribution is 2.39. The molecule has 1 unspecified atom stereocenters. The standard InChI is InChI=1S/C23H29N5O6S/c1-5-35-23-25-22-24-14(2)19(21(30)32-4)20(28(22)26-23)15-6-7-16(17(12-15)31-3)34-13-18(29)27-8-10-33-11-9-27/h6-7,12,20H,5,8-11,13H2,1-4H3,(H,24,25,26). The highest BCUT2D eigenvalue weighted by atomic mass is 32.2. The van der Waals surface area contributed by atoms with Crippen LogP contribution in [0.4, 0.5) is 5.95 Å². The lowest BCUT2D eigenvalue weighted by atomic mass is 9.95. The number of rotatable bonds is 8. The first-order valence-corrected chi connectivity index (χ1v) is 12.3. The Balaban J connectivity index is 1.64. The van der Waals surface area contributed by atoms with Crippen LogP contribution in [0.1, 0.15) is 25.5 Å². The first kappa shape index (κ1) is 24.9. The first-order valence-electron chi connectivity index (χ1n) is 11.3. The number of methoxy groups -OCH3 is 2. The third kappa shape index (κ3) is 5.22. The van der Waals surface area contributed by atoms with Crippen LogP contribution in [0.25, 0.3) is 0 Å². The Bertz CT molecular complexity index is 1130. The number of thioether (sulfide) groups is 1. The summed E-state index contributed by atoms with van der Waals surface area (Å²) >= 11 is 1.51. The third-order valence-electron chi connectivity index (χ3n) is 5.73. The number of fused-ring (bicyclic) bond motifs is 1. The zero-order valence-corrected chi connectivity index (χ0v) is 21.0. The van der Waals surface area contributed by atoms with E-state index in [0.29, 0.717) is 60.2 Å². The molecule has 2 aliphatic heterocycles. The Labute approximate surface area is 207 Å². The predicted molar refractivity (Wildman–Crippen MR) is 129 cm³/mol. The molecule has 1 fully saturated rings. The van der Waals surface area contributed by atoms with Crippen LogP contribution in [0.5, 0.6) is 11.5 Å². The van der Waals surface area contributed by atoms with Gasteiger partial charge in [-0.3, -0.25) is 4.79 Å². The average molecular weight is 504 g/mol. The fraction of sp³-hybridized carbons (Fsp3) is 0.478. The van der Waals surface area contributed by atoms with E-state index in [-0.39, 0.29) is 12.5 Å². The van der Waals surface area contributed by atoms with E-state index in [0.717, 1.165) is 11.3 Å². The number of nitrogens with one attached hydrogen (secondary N) is 1.